The molecular weight excluding hydrogens is 368 g/mol. The lowest BCUT2D eigenvalue weighted by Gasteiger charge is -2.30. The fraction of sp³-hybridized carbons (Fsp3) is 0.450. The lowest BCUT2D eigenvalue weighted by atomic mass is 10.2. The number of carbonyl (C=O) groups excluding carboxylic acids is 1. The van der Waals surface area contributed by atoms with Crippen LogP contribution in [0.1, 0.15) is 36.6 Å². The van der Waals surface area contributed by atoms with E-state index >= 15 is 0 Å². The Hall–Kier alpha value is -1.56. The molecule has 2 heterocycles. The largest absolute Gasteiger partial charge is 0.484 e. The van der Waals surface area contributed by atoms with Gasteiger partial charge in [0.2, 0.25) is 0 Å². The Bertz CT molecular complexity index is 629. The highest BCUT2D eigenvalue weighted by Crippen LogP contribution is 2.27. The average Bonchev–Trinajstić information content (AvgIpc) is 3.04. The Kier molecular flexibility index (Phi) is 8.95. The minimum absolute atomic E-state index is 0. The molecule has 0 aliphatic carbocycles. The number of rotatable bonds is 7. The van der Waals surface area contributed by atoms with Crippen LogP contribution in [0.4, 0.5) is 0 Å². The lowest BCUT2D eigenvalue weighted by molar-refractivity contribution is -0.123. The fourth-order valence-electron chi connectivity index (χ4n) is 3.22. The molecule has 4 nitrogen and oxygen atoms in total. The highest BCUT2D eigenvalue weighted by molar-refractivity contribution is 7.10. The van der Waals surface area contributed by atoms with Crippen molar-refractivity contribution >= 4 is 29.7 Å². The molecule has 0 bridgehead atoms. The number of ether oxygens (including phenoxy) is 1. The molecule has 1 atom stereocenters. The van der Waals surface area contributed by atoms with Gasteiger partial charge in [0, 0.05) is 11.4 Å². The van der Waals surface area contributed by atoms with Gasteiger partial charge in [0.15, 0.2) is 6.61 Å². The van der Waals surface area contributed by atoms with Crippen molar-refractivity contribution in [1.82, 2.24) is 10.2 Å². The number of hydrogen-bond acceptors (Lipinski definition) is 4. The maximum Gasteiger partial charge on any atom is 0.258 e. The zero-order valence-corrected chi connectivity index (χ0v) is 16.6. The predicted molar refractivity (Wildman–Crippen MR) is 109 cm³/mol. The Morgan fingerprint density at radius 3 is 2.46 bits per heavy atom. The monoisotopic (exact) mass is 394 g/mol. The van der Waals surface area contributed by atoms with E-state index in [0.717, 1.165) is 18.8 Å². The summed E-state index contributed by atoms with van der Waals surface area (Å²) in [7, 11) is 0. The molecule has 1 unspecified atom stereocenters. The Morgan fingerprint density at radius 1 is 1.08 bits per heavy atom. The van der Waals surface area contributed by atoms with E-state index in [1.165, 1.54) is 30.6 Å². The van der Waals surface area contributed by atoms with Crippen LogP contribution in [-0.4, -0.2) is 37.0 Å². The Labute approximate surface area is 166 Å². The summed E-state index contributed by atoms with van der Waals surface area (Å²) in [6, 6.07) is 14.0. The molecule has 0 saturated carbocycles. The third-order valence-corrected chi connectivity index (χ3v) is 5.53. The van der Waals surface area contributed by atoms with Gasteiger partial charge in [-0.2, -0.15) is 0 Å². The second kappa shape index (κ2) is 11.2. The number of nitrogens with zero attached hydrogens (tertiary/aromatic N) is 1. The number of para-hydroxylation sites is 1. The Morgan fingerprint density at radius 2 is 1.81 bits per heavy atom. The van der Waals surface area contributed by atoms with E-state index in [4.69, 9.17) is 4.74 Å². The second-order valence-electron chi connectivity index (χ2n) is 6.39. The predicted octanol–water partition coefficient (Wildman–Crippen LogP) is 4.28. The van der Waals surface area contributed by atoms with Crippen molar-refractivity contribution in [3.8, 4) is 5.75 Å². The minimum Gasteiger partial charge on any atom is -0.484 e. The summed E-state index contributed by atoms with van der Waals surface area (Å²) in [5.41, 5.74) is 0. The van der Waals surface area contributed by atoms with Gasteiger partial charge in [-0.15, -0.1) is 23.7 Å². The van der Waals surface area contributed by atoms with Crippen molar-refractivity contribution in [2.24, 2.45) is 0 Å². The van der Waals surface area contributed by atoms with Crippen molar-refractivity contribution < 1.29 is 9.53 Å². The van der Waals surface area contributed by atoms with Gasteiger partial charge in [-0.25, -0.2) is 0 Å². The van der Waals surface area contributed by atoms with Crippen LogP contribution in [0.25, 0.3) is 0 Å². The van der Waals surface area contributed by atoms with Gasteiger partial charge in [-0.05, 0) is 49.5 Å². The molecule has 26 heavy (non-hydrogen) atoms. The summed E-state index contributed by atoms with van der Waals surface area (Å²) in [5, 5.41) is 5.17. The number of likely N-dealkylation sites (tertiary alicyclic amines) is 1. The van der Waals surface area contributed by atoms with Crippen LogP contribution in [0.2, 0.25) is 0 Å². The minimum atomic E-state index is -0.0692. The molecule has 1 saturated heterocycles. The maximum atomic E-state index is 12.2. The first-order valence-electron chi connectivity index (χ1n) is 9.05. The van der Waals surface area contributed by atoms with Crippen molar-refractivity contribution in [2.45, 2.75) is 31.7 Å². The van der Waals surface area contributed by atoms with Crippen LogP contribution in [0.15, 0.2) is 47.8 Å². The summed E-state index contributed by atoms with van der Waals surface area (Å²) in [5.74, 6) is 0.653. The van der Waals surface area contributed by atoms with Crippen molar-refractivity contribution in [2.75, 3.05) is 26.2 Å². The topological polar surface area (TPSA) is 41.6 Å². The summed E-state index contributed by atoms with van der Waals surface area (Å²) in [6.07, 6.45) is 5.11. The molecule has 0 radical (unpaired) electrons. The molecule has 2 aromatic rings. The van der Waals surface area contributed by atoms with Gasteiger partial charge >= 0.3 is 0 Å². The molecule has 1 fully saturated rings. The number of hydrogen-bond donors (Lipinski definition) is 1. The first-order chi connectivity index (χ1) is 12.3. The summed E-state index contributed by atoms with van der Waals surface area (Å²) < 4.78 is 5.53. The quantitative estimate of drug-likeness (QED) is 0.761. The van der Waals surface area contributed by atoms with Gasteiger partial charge in [-0.1, -0.05) is 37.1 Å². The van der Waals surface area contributed by atoms with E-state index in [2.05, 4.69) is 27.7 Å². The van der Waals surface area contributed by atoms with Crippen LogP contribution in [-0.2, 0) is 4.79 Å². The summed E-state index contributed by atoms with van der Waals surface area (Å²) in [4.78, 5) is 16.0. The molecule has 6 heteroatoms. The average molecular weight is 395 g/mol. The van der Waals surface area contributed by atoms with Gasteiger partial charge in [0.25, 0.3) is 5.91 Å². The fourth-order valence-corrected chi connectivity index (χ4v) is 4.09. The first-order valence-corrected chi connectivity index (χ1v) is 9.93. The third-order valence-electron chi connectivity index (χ3n) is 4.56. The van der Waals surface area contributed by atoms with Crippen molar-refractivity contribution in [3.05, 3.63) is 52.7 Å². The molecular formula is C20H27ClN2O2S. The van der Waals surface area contributed by atoms with Crippen molar-refractivity contribution in [3.63, 3.8) is 0 Å². The van der Waals surface area contributed by atoms with Gasteiger partial charge in [-0.3, -0.25) is 9.69 Å². The van der Waals surface area contributed by atoms with E-state index in [9.17, 15) is 4.79 Å². The Balaban J connectivity index is 0.00000243. The zero-order chi connectivity index (χ0) is 17.3. The van der Waals surface area contributed by atoms with E-state index < -0.39 is 0 Å². The van der Waals surface area contributed by atoms with Crippen LogP contribution >= 0.6 is 23.7 Å². The van der Waals surface area contributed by atoms with Crippen molar-refractivity contribution in [1.29, 1.82) is 0 Å². The SMILES string of the molecule is Cl.O=C(COc1ccccc1)NCC(c1cccs1)N1CCCCCC1. The van der Waals surface area contributed by atoms with Gasteiger partial charge < -0.3 is 10.1 Å². The molecule has 3 rings (SSSR count). The van der Waals surface area contributed by atoms with Gasteiger partial charge in [0.1, 0.15) is 5.75 Å². The number of amides is 1. The smallest absolute Gasteiger partial charge is 0.258 e. The normalized spacial score (nSPS) is 16.2. The molecule has 1 N–H and O–H groups in total. The van der Waals surface area contributed by atoms with E-state index in [1.54, 1.807) is 11.3 Å². The number of nitrogens with one attached hydrogen (secondary N) is 1. The van der Waals surface area contributed by atoms with E-state index in [1.807, 2.05) is 30.3 Å². The van der Waals surface area contributed by atoms with Crippen LogP contribution in [0, 0.1) is 0 Å². The lowest BCUT2D eigenvalue weighted by Crippen LogP contribution is -2.39. The van der Waals surface area contributed by atoms with Crippen LogP contribution in [0.5, 0.6) is 5.75 Å². The molecule has 0 spiro atoms. The molecule has 1 aliphatic heterocycles. The molecule has 1 aromatic heterocycles. The maximum absolute atomic E-state index is 12.2. The summed E-state index contributed by atoms with van der Waals surface area (Å²) >= 11 is 1.77. The third kappa shape index (κ3) is 6.31. The first kappa shape index (κ1) is 20.7. The number of carbonyl (C=O) groups is 1. The number of benzene rings is 1. The highest BCUT2D eigenvalue weighted by Gasteiger charge is 2.22. The van der Waals surface area contributed by atoms with E-state index in [-0.39, 0.29) is 31.0 Å². The number of thiophene rings is 1. The van der Waals surface area contributed by atoms with Gasteiger partial charge in [0.05, 0.1) is 6.04 Å². The van der Waals surface area contributed by atoms with E-state index in [0.29, 0.717) is 6.54 Å². The molecule has 1 aliphatic rings. The van der Waals surface area contributed by atoms with Crippen LogP contribution in [0.3, 0.4) is 0 Å². The summed E-state index contributed by atoms with van der Waals surface area (Å²) in [6.45, 7) is 2.91. The molecule has 1 amide bonds. The second-order valence-corrected chi connectivity index (χ2v) is 7.37. The standard InChI is InChI=1S/C20H26N2O2S.ClH/c23-20(16-24-17-9-4-3-5-10-17)21-15-18(19-11-8-14-25-19)22-12-6-1-2-7-13-22;/h3-5,8-11,14,18H,1-2,6-7,12-13,15-16H2,(H,21,23);1H. The zero-order valence-electron chi connectivity index (χ0n) is 14.9. The highest BCUT2D eigenvalue weighted by atomic mass is 35.5. The molecule has 1 aromatic carbocycles. The molecule has 142 valence electrons. The van der Waals surface area contributed by atoms with Crippen LogP contribution < -0.4 is 10.1 Å². The number of halogens is 1.